The Morgan fingerprint density at radius 1 is 1.27 bits per heavy atom. The van der Waals surface area contributed by atoms with Crippen LogP contribution < -0.4 is 4.72 Å². The molecule has 6 heteroatoms. The summed E-state index contributed by atoms with van der Waals surface area (Å²) in [6.45, 7) is 7.51. The van der Waals surface area contributed by atoms with Crippen molar-refractivity contribution in [2.24, 2.45) is 11.8 Å². The number of hydrogen-bond donors (Lipinski definition) is 1. The van der Waals surface area contributed by atoms with Crippen molar-refractivity contribution in [2.45, 2.75) is 27.7 Å². The Morgan fingerprint density at radius 3 is 2.07 bits per heavy atom. The van der Waals surface area contributed by atoms with E-state index < -0.39 is 16.1 Å². The summed E-state index contributed by atoms with van der Waals surface area (Å²) in [4.78, 5) is 11.2. The molecule has 0 atom stereocenters. The summed E-state index contributed by atoms with van der Waals surface area (Å²) in [6, 6.07) is 0. The van der Waals surface area contributed by atoms with E-state index in [9.17, 15) is 13.2 Å². The molecule has 15 heavy (non-hydrogen) atoms. The molecule has 0 saturated heterocycles. The molecular formula is C9H20N2O3S. The Kier molecular flexibility index (Phi) is 5.23. The quantitative estimate of drug-likeness (QED) is 0.759. The minimum Gasteiger partial charge on any atom is -0.274 e. The second-order valence-electron chi connectivity index (χ2n) is 4.30. The number of nitrogens with zero attached hydrogens (tertiary/aromatic N) is 1. The Bertz CT molecular complexity index is 309. The molecule has 5 nitrogen and oxygen atoms in total. The molecule has 0 unspecified atom stereocenters. The predicted molar refractivity (Wildman–Crippen MR) is 59.4 cm³/mol. The highest BCUT2D eigenvalue weighted by Crippen LogP contribution is 2.02. The van der Waals surface area contributed by atoms with Crippen LogP contribution in [0.1, 0.15) is 27.7 Å². The van der Waals surface area contributed by atoms with E-state index >= 15 is 0 Å². The van der Waals surface area contributed by atoms with Gasteiger partial charge in [-0.1, -0.05) is 27.7 Å². The van der Waals surface area contributed by atoms with Gasteiger partial charge in [0.05, 0.1) is 0 Å². The molecule has 0 rings (SSSR count). The fourth-order valence-electron chi connectivity index (χ4n) is 0.935. The van der Waals surface area contributed by atoms with Crippen LogP contribution in [0.2, 0.25) is 0 Å². The minimum absolute atomic E-state index is 0.223. The van der Waals surface area contributed by atoms with Crippen molar-refractivity contribution in [1.29, 1.82) is 0 Å². The number of carbonyl (C=O) groups excluding carboxylic acids is 1. The molecule has 90 valence electrons. The van der Waals surface area contributed by atoms with Crippen molar-refractivity contribution < 1.29 is 13.2 Å². The third kappa shape index (κ3) is 5.13. The fourth-order valence-corrected chi connectivity index (χ4v) is 2.08. The first-order valence-electron chi connectivity index (χ1n) is 4.94. The standard InChI is InChI=1S/C9H20N2O3S/c1-7(2)6-11(5)15(13,14)10-9(12)8(3)4/h7-8H,6H2,1-5H3,(H,10,12). The third-order valence-corrected chi connectivity index (χ3v) is 3.22. The molecule has 0 bridgehead atoms. The van der Waals surface area contributed by atoms with Crippen LogP contribution in [-0.2, 0) is 15.0 Å². The second kappa shape index (κ2) is 5.46. The first kappa shape index (κ1) is 14.4. The topological polar surface area (TPSA) is 66.5 Å². The first-order valence-corrected chi connectivity index (χ1v) is 6.38. The van der Waals surface area contributed by atoms with E-state index in [-0.39, 0.29) is 11.8 Å². The van der Waals surface area contributed by atoms with Gasteiger partial charge in [-0.15, -0.1) is 0 Å². The Morgan fingerprint density at radius 2 is 1.73 bits per heavy atom. The molecular weight excluding hydrogens is 216 g/mol. The van der Waals surface area contributed by atoms with E-state index in [2.05, 4.69) is 0 Å². The van der Waals surface area contributed by atoms with Crippen LogP contribution >= 0.6 is 0 Å². The van der Waals surface area contributed by atoms with Crippen LogP contribution in [-0.4, -0.2) is 32.2 Å². The third-order valence-electron chi connectivity index (χ3n) is 1.79. The lowest BCUT2D eigenvalue weighted by Crippen LogP contribution is -2.44. The molecule has 0 fully saturated rings. The number of nitrogens with one attached hydrogen (secondary N) is 1. The number of hydrogen-bond acceptors (Lipinski definition) is 3. The van der Waals surface area contributed by atoms with Gasteiger partial charge in [-0.25, -0.2) is 4.72 Å². The molecule has 0 aliphatic carbocycles. The fraction of sp³-hybridized carbons (Fsp3) is 0.889. The zero-order chi connectivity index (χ0) is 12.2. The van der Waals surface area contributed by atoms with Crippen molar-refractivity contribution in [3.05, 3.63) is 0 Å². The van der Waals surface area contributed by atoms with E-state index in [4.69, 9.17) is 0 Å². The molecule has 0 spiro atoms. The second-order valence-corrected chi connectivity index (χ2v) is 6.08. The van der Waals surface area contributed by atoms with E-state index in [0.29, 0.717) is 6.54 Å². The van der Waals surface area contributed by atoms with Crippen LogP contribution in [0.3, 0.4) is 0 Å². The van der Waals surface area contributed by atoms with E-state index in [1.165, 1.54) is 7.05 Å². The predicted octanol–water partition coefficient (Wildman–Crippen LogP) is 0.591. The molecule has 1 amide bonds. The number of amides is 1. The molecule has 0 heterocycles. The average molecular weight is 236 g/mol. The lowest BCUT2D eigenvalue weighted by atomic mass is 10.2. The zero-order valence-electron chi connectivity index (χ0n) is 9.94. The summed E-state index contributed by atoms with van der Waals surface area (Å²) in [6.07, 6.45) is 0. The molecule has 0 aromatic heterocycles. The largest absolute Gasteiger partial charge is 0.303 e. The zero-order valence-corrected chi connectivity index (χ0v) is 10.8. The average Bonchev–Trinajstić information content (AvgIpc) is 2.01. The summed E-state index contributed by atoms with van der Waals surface area (Å²) in [5.74, 6) is -0.599. The highest BCUT2D eigenvalue weighted by atomic mass is 32.2. The lowest BCUT2D eigenvalue weighted by molar-refractivity contribution is -0.122. The van der Waals surface area contributed by atoms with Crippen LogP contribution in [0.15, 0.2) is 0 Å². The normalized spacial score (nSPS) is 12.5. The van der Waals surface area contributed by atoms with Gasteiger partial charge in [0.2, 0.25) is 5.91 Å². The minimum atomic E-state index is -3.67. The van der Waals surface area contributed by atoms with Crippen LogP contribution in [0.5, 0.6) is 0 Å². The summed E-state index contributed by atoms with van der Waals surface area (Å²) < 4.78 is 26.3. The highest BCUT2D eigenvalue weighted by molar-refractivity contribution is 7.87. The summed E-state index contributed by atoms with van der Waals surface area (Å²) in [5.41, 5.74) is 0. The van der Waals surface area contributed by atoms with Crippen molar-refractivity contribution >= 4 is 16.1 Å². The first-order chi connectivity index (χ1) is 6.66. The van der Waals surface area contributed by atoms with Crippen molar-refractivity contribution in [2.75, 3.05) is 13.6 Å². The Hall–Kier alpha value is -0.620. The highest BCUT2D eigenvalue weighted by Gasteiger charge is 2.22. The molecule has 1 N–H and O–H groups in total. The van der Waals surface area contributed by atoms with Gasteiger partial charge in [0.25, 0.3) is 0 Å². The van der Waals surface area contributed by atoms with Gasteiger partial charge >= 0.3 is 10.2 Å². The molecule has 0 aliphatic rings. The maximum atomic E-state index is 11.6. The van der Waals surface area contributed by atoms with Gasteiger partial charge in [0.1, 0.15) is 0 Å². The SMILES string of the molecule is CC(C)CN(C)S(=O)(=O)NC(=O)C(C)C. The maximum absolute atomic E-state index is 11.6. The van der Waals surface area contributed by atoms with Gasteiger partial charge in [0, 0.05) is 19.5 Å². The van der Waals surface area contributed by atoms with Gasteiger partial charge in [-0.05, 0) is 5.92 Å². The van der Waals surface area contributed by atoms with Crippen LogP contribution in [0.4, 0.5) is 0 Å². The monoisotopic (exact) mass is 236 g/mol. The molecule has 0 radical (unpaired) electrons. The Labute approximate surface area is 92.0 Å². The molecule has 0 saturated carbocycles. The van der Waals surface area contributed by atoms with Crippen molar-refractivity contribution in [3.63, 3.8) is 0 Å². The van der Waals surface area contributed by atoms with E-state index in [1.54, 1.807) is 13.8 Å². The van der Waals surface area contributed by atoms with Crippen molar-refractivity contribution in [1.82, 2.24) is 9.03 Å². The van der Waals surface area contributed by atoms with Gasteiger partial charge in [-0.2, -0.15) is 12.7 Å². The maximum Gasteiger partial charge on any atom is 0.303 e. The van der Waals surface area contributed by atoms with Crippen LogP contribution in [0, 0.1) is 11.8 Å². The smallest absolute Gasteiger partial charge is 0.274 e. The van der Waals surface area contributed by atoms with Gasteiger partial charge in [0.15, 0.2) is 0 Å². The van der Waals surface area contributed by atoms with Gasteiger partial charge in [-0.3, -0.25) is 4.79 Å². The summed E-state index contributed by atoms with van der Waals surface area (Å²) >= 11 is 0. The number of rotatable bonds is 5. The van der Waals surface area contributed by atoms with Crippen molar-refractivity contribution in [3.8, 4) is 0 Å². The molecule has 0 aliphatic heterocycles. The van der Waals surface area contributed by atoms with Crippen LogP contribution in [0.25, 0.3) is 0 Å². The number of carbonyl (C=O) groups is 1. The summed E-state index contributed by atoms with van der Waals surface area (Å²) in [5, 5.41) is 0. The van der Waals surface area contributed by atoms with E-state index in [1.807, 2.05) is 18.6 Å². The molecule has 0 aromatic rings. The van der Waals surface area contributed by atoms with Gasteiger partial charge < -0.3 is 0 Å². The summed E-state index contributed by atoms with van der Waals surface area (Å²) in [7, 11) is -2.21. The Balaban J connectivity index is 4.49. The molecule has 0 aromatic carbocycles. The van der Waals surface area contributed by atoms with E-state index in [0.717, 1.165) is 4.31 Å². The lowest BCUT2D eigenvalue weighted by Gasteiger charge is -2.19.